The lowest BCUT2D eigenvalue weighted by molar-refractivity contribution is -0.111. The summed E-state index contributed by atoms with van der Waals surface area (Å²) >= 11 is 3.28. The number of nitrogens with one attached hydrogen (secondary N) is 1. The second kappa shape index (κ2) is 8.74. The molecule has 9 heteroatoms. The average molecular weight is 434 g/mol. The predicted molar refractivity (Wildman–Crippen MR) is 103 cm³/mol. The Morgan fingerprint density at radius 3 is 2.89 bits per heavy atom. The number of aromatic nitrogens is 4. The number of carbonyl (C=O) groups is 1. The Labute approximate surface area is 163 Å². The van der Waals surface area contributed by atoms with E-state index in [-0.39, 0.29) is 5.91 Å². The fourth-order valence-electron chi connectivity index (χ4n) is 2.34. The van der Waals surface area contributed by atoms with Gasteiger partial charge in [0.2, 0.25) is 5.91 Å². The molecule has 0 aliphatic rings. The molecular formula is C18H17BrFN5O2. The van der Waals surface area contributed by atoms with E-state index >= 15 is 0 Å². The summed E-state index contributed by atoms with van der Waals surface area (Å²) in [6.45, 7) is 1.13. The number of hydrogen-bond donors (Lipinski definition) is 1. The van der Waals surface area contributed by atoms with Crippen LogP contribution >= 0.6 is 15.9 Å². The lowest BCUT2D eigenvalue weighted by Crippen LogP contribution is -2.07. The Kier molecular flexibility index (Phi) is 6.15. The van der Waals surface area contributed by atoms with Crippen molar-refractivity contribution in [3.63, 3.8) is 0 Å². The van der Waals surface area contributed by atoms with E-state index in [0.29, 0.717) is 30.1 Å². The summed E-state index contributed by atoms with van der Waals surface area (Å²) < 4.78 is 23.1. The molecule has 0 fully saturated rings. The number of nitrogens with zero attached hydrogens (tertiary/aromatic N) is 4. The van der Waals surface area contributed by atoms with Gasteiger partial charge in [-0.2, -0.15) is 10.2 Å². The smallest absolute Gasteiger partial charge is 0.248 e. The van der Waals surface area contributed by atoms with E-state index in [1.807, 2.05) is 0 Å². The number of hydrogen-bond acceptors (Lipinski definition) is 4. The van der Waals surface area contributed by atoms with Gasteiger partial charge >= 0.3 is 0 Å². The molecule has 1 aromatic carbocycles. The maximum Gasteiger partial charge on any atom is 0.248 e. The van der Waals surface area contributed by atoms with Crippen molar-refractivity contribution in [3.8, 4) is 5.69 Å². The minimum Gasteiger partial charge on any atom is -0.383 e. The van der Waals surface area contributed by atoms with Gasteiger partial charge in [0.1, 0.15) is 11.5 Å². The molecule has 3 aromatic rings. The van der Waals surface area contributed by atoms with Crippen LogP contribution in [0.2, 0.25) is 0 Å². The average Bonchev–Trinajstić information content (AvgIpc) is 3.27. The minimum absolute atomic E-state index is 0.325. The van der Waals surface area contributed by atoms with Crippen molar-refractivity contribution < 1.29 is 13.9 Å². The van der Waals surface area contributed by atoms with Crippen LogP contribution in [-0.4, -0.2) is 39.2 Å². The highest BCUT2D eigenvalue weighted by Gasteiger charge is 2.07. The fraction of sp³-hybridized carbons (Fsp3) is 0.167. The first-order valence-corrected chi connectivity index (χ1v) is 8.85. The molecule has 0 saturated carbocycles. The molecule has 0 aliphatic heterocycles. The zero-order valence-electron chi connectivity index (χ0n) is 14.5. The van der Waals surface area contributed by atoms with Gasteiger partial charge in [0.05, 0.1) is 35.7 Å². The maximum atomic E-state index is 14.3. The summed E-state index contributed by atoms with van der Waals surface area (Å²) in [5.74, 6) is -0.769. The SMILES string of the molecule is COCCn1cc(NC(=O)/C=C/c2ccc(-n3cc(Br)cn3)c(F)c2)cn1. The maximum absolute atomic E-state index is 14.3. The normalized spacial score (nSPS) is 11.2. The van der Waals surface area contributed by atoms with E-state index in [1.54, 1.807) is 48.7 Å². The van der Waals surface area contributed by atoms with Crippen LogP contribution in [0, 0.1) is 5.82 Å². The molecule has 140 valence electrons. The molecule has 0 spiro atoms. The van der Waals surface area contributed by atoms with Crippen LogP contribution in [0.4, 0.5) is 10.1 Å². The van der Waals surface area contributed by atoms with Crippen LogP contribution in [0.15, 0.2) is 53.5 Å². The number of carbonyl (C=O) groups excluding carboxylic acids is 1. The third-order valence-corrected chi connectivity index (χ3v) is 4.03. The first kappa shape index (κ1) is 19.0. The van der Waals surface area contributed by atoms with Gasteiger partial charge in [-0.1, -0.05) is 6.07 Å². The van der Waals surface area contributed by atoms with Crippen molar-refractivity contribution >= 4 is 33.6 Å². The van der Waals surface area contributed by atoms with Gasteiger partial charge in [-0.3, -0.25) is 9.48 Å². The van der Waals surface area contributed by atoms with Gasteiger partial charge in [-0.05, 0) is 39.7 Å². The van der Waals surface area contributed by atoms with E-state index in [2.05, 4.69) is 31.4 Å². The summed E-state index contributed by atoms with van der Waals surface area (Å²) in [5, 5.41) is 10.9. The van der Waals surface area contributed by atoms with Crippen molar-refractivity contribution in [2.75, 3.05) is 19.0 Å². The van der Waals surface area contributed by atoms with Gasteiger partial charge in [0.25, 0.3) is 0 Å². The topological polar surface area (TPSA) is 74.0 Å². The van der Waals surface area contributed by atoms with Crippen LogP contribution in [0.1, 0.15) is 5.56 Å². The second-order valence-electron chi connectivity index (χ2n) is 5.62. The summed E-state index contributed by atoms with van der Waals surface area (Å²) in [6, 6.07) is 4.66. The van der Waals surface area contributed by atoms with Crippen molar-refractivity contribution in [1.82, 2.24) is 19.6 Å². The monoisotopic (exact) mass is 433 g/mol. The first-order chi connectivity index (χ1) is 13.0. The van der Waals surface area contributed by atoms with Crippen molar-refractivity contribution in [2.24, 2.45) is 0 Å². The fourth-order valence-corrected chi connectivity index (χ4v) is 2.62. The molecular weight excluding hydrogens is 417 g/mol. The number of anilines is 1. The van der Waals surface area contributed by atoms with E-state index in [4.69, 9.17) is 4.74 Å². The molecule has 0 bridgehead atoms. The van der Waals surface area contributed by atoms with Crippen molar-refractivity contribution in [3.05, 3.63) is 64.9 Å². The van der Waals surface area contributed by atoms with Gasteiger partial charge in [-0.15, -0.1) is 0 Å². The van der Waals surface area contributed by atoms with E-state index in [0.717, 1.165) is 4.47 Å². The molecule has 0 radical (unpaired) electrons. The Hall–Kier alpha value is -2.78. The highest BCUT2D eigenvalue weighted by Crippen LogP contribution is 2.18. The van der Waals surface area contributed by atoms with Crippen LogP contribution in [0.25, 0.3) is 11.8 Å². The predicted octanol–water partition coefficient (Wildman–Crippen LogP) is 3.27. The largest absolute Gasteiger partial charge is 0.383 e. The summed E-state index contributed by atoms with van der Waals surface area (Å²) in [4.78, 5) is 12.0. The van der Waals surface area contributed by atoms with Crippen molar-refractivity contribution in [1.29, 1.82) is 0 Å². The standard InChI is InChI=1S/C18H17BrFN5O2/c1-27-7-6-24-12-15(10-21-24)23-18(26)5-3-13-2-4-17(16(20)8-13)25-11-14(19)9-22-25/h2-5,8-12H,6-7H2,1H3,(H,23,26)/b5-3+. The summed E-state index contributed by atoms with van der Waals surface area (Å²) in [7, 11) is 1.61. The van der Waals surface area contributed by atoms with Gasteiger partial charge in [0, 0.05) is 25.6 Å². The Morgan fingerprint density at radius 1 is 1.33 bits per heavy atom. The van der Waals surface area contributed by atoms with Gasteiger partial charge < -0.3 is 10.1 Å². The summed E-state index contributed by atoms with van der Waals surface area (Å²) in [5.41, 5.74) is 1.46. The van der Waals surface area contributed by atoms with Crippen LogP contribution in [-0.2, 0) is 16.1 Å². The number of methoxy groups -OCH3 is 1. The van der Waals surface area contributed by atoms with E-state index in [1.165, 1.54) is 22.9 Å². The lowest BCUT2D eigenvalue weighted by Gasteiger charge is -2.04. The zero-order chi connectivity index (χ0) is 19.2. The zero-order valence-corrected chi connectivity index (χ0v) is 16.1. The minimum atomic E-state index is -0.437. The molecule has 0 atom stereocenters. The number of halogens is 2. The van der Waals surface area contributed by atoms with Crippen molar-refractivity contribution in [2.45, 2.75) is 6.54 Å². The Morgan fingerprint density at radius 2 is 2.19 bits per heavy atom. The Balaban J connectivity index is 1.62. The molecule has 7 nitrogen and oxygen atoms in total. The molecule has 1 amide bonds. The quantitative estimate of drug-likeness (QED) is 0.580. The molecule has 0 unspecified atom stereocenters. The highest BCUT2D eigenvalue weighted by atomic mass is 79.9. The number of rotatable bonds is 7. The van der Waals surface area contributed by atoms with Crippen LogP contribution in [0.5, 0.6) is 0 Å². The number of ether oxygens (including phenoxy) is 1. The third-order valence-electron chi connectivity index (χ3n) is 3.62. The lowest BCUT2D eigenvalue weighted by atomic mass is 10.2. The molecule has 2 aromatic heterocycles. The number of amides is 1. The molecule has 0 aliphatic carbocycles. The van der Waals surface area contributed by atoms with Crippen LogP contribution < -0.4 is 5.32 Å². The molecule has 27 heavy (non-hydrogen) atoms. The molecule has 2 heterocycles. The second-order valence-corrected chi connectivity index (χ2v) is 6.54. The first-order valence-electron chi connectivity index (χ1n) is 8.06. The van der Waals surface area contributed by atoms with E-state index < -0.39 is 5.82 Å². The molecule has 3 rings (SSSR count). The van der Waals surface area contributed by atoms with E-state index in [9.17, 15) is 9.18 Å². The number of benzene rings is 1. The molecule has 0 saturated heterocycles. The Bertz CT molecular complexity index is 966. The summed E-state index contributed by atoms with van der Waals surface area (Å²) in [6.07, 6.45) is 9.38. The van der Waals surface area contributed by atoms with Crippen LogP contribution in [0.3, 0.4) is 0 Å². The third kappa shape index (κ3) is 5.11. The van der Waals surface area contributed by atoms with Gasteiger partial charge in [0.15, 0.2) is 0 Å². The molecule has 1 N–H and O–H groups in total. The highest BCUT2D eigenvalue weighted by molar-refractivity contribution is 9.10. The van der Waals surface area contributed by atoms with Gasteiger partial charge in [-0.25, -0.2) is 9.07 Å².